The Kier molecular flexibility index (Phi) is 6.53. The molecule has 2 aromatic rings. The van der Waals surface area contributed by atoms with Crippen molar-refractivity contribution in [3.63, 3.8) is 0 Å². The van der Waals surface area contributed by atoms with Gasteiger partial charge in [0.25, 0.3) is 5.91 Å². The van der Waals surface area contributed by atoms with Crippen LogP contribution in [0.5, 0.6) is 5.75 Å². The van der Waals surface area contributed by atoms with E-state index in [1.807, 2.05) is 6.07 Å². The second-order valence-electron chi connectivity index (χ2n) is 6.84. The van der Waals surface area contributed by atoms with Gasteiger partial charge in [0.2, 0.25) is 0 Å². The summed E-state index contributed by atoms with van der Waals surface area (Å²) in [5.74, 6) is -0.335. The van der Waals surface area contributed by atoms with E-state index in [0.29, 0.717) is 17.9 Å². The molecule has 0 unspecified atom stereocenters. The number of anilines is 1. The average Bonchev–Trinajstić information content (AvgIpc) is 3.07. The van der Waals surface area contributed by atoms with Crippen LogP contribution in [0.3, 0.4) is 0 Å². The number of rotatable bonds is 7. The van der Waals surface area contributed by atoms with Crippen molar-refractivity contribution in [2.45, 2.75) is 18.9 Å². The predicted octanol–water partition coefficient (Wildman–Crippen LogP) is 2.00. The quantitative estimate of drug-likeness (QED) is 0.640. The first-order valence-corrected chi connectivity index (χ1v) is 11.1. The molecule has 3 rings (SSSR count). The minimum absolute atomic E-state index is 0.0282. The molecule has 0 aliphatic carbocycles. The third-order valence-corrected chi connectivity index (χ3v) is 6.49. The zero-order valence-electron chi connectivity index (χ0n) is 16.1. The summed E-state index contributed by atoms with van der Waals surface area (Å²) in [6.45, 7) is -0.444. The number of carbonyl (C=O) groups excluding carboxylic acids is 2. The molecule has 1 saturated heterocycles. The first-order chi connectivity index (χ1) is 13.9. The van der Waals surface area contributed by atoms with Crippen LogP contribution in [0.2, 0.25) is 0 Å². The van der Waals surface area contributed by atoms with E-state index in [9.17, 15) is 18.0 Å². The lowest BCUT2D eigenvalue weighted by molar-refractivity contribution is -0.147. The largest absolute Gasteiger partial charge is 0.497 e. The lowest BCUT2D eigenvalue weighted by atomic mass is 10.1. The first-order valence-electron chi connectivity index (χ1n) is 9.24. The van der Waals surface area contributed by atoms with E-state index in [1.54, 1.807) is 55.6 Å². The zero-order valence-corrected chi connectivity index (χ0v) is 16.9. The van der Waals surface area contributed by atoms with E-state index < -0.39 is 34.4 Å². The number of ether oxygens (including phenoxy) is 2. The molecular weight excluding hydrogens is 394 g/mol. The van der Waals surface area contributed by atoms with Gasteiger partial charge >= 0.3 is 5.97 Å². The minimum atomic E-state index is -3.17. The second-order valence-corrected chi connectivity index (χ2v) is 9.07. The van der Waals surface area contributed by atoms with E-state index in [0.717, 1.165) is 5.56 Å². The zero-order chi connectivity index (χ0) is 20.9. The van der Waals surface area contributed by atoms with Gasteiger partial charge in [0.15, 0.2) is 16.4 Å². The molecule has 1 atom stereocenters. The highest BCUT2D eigenvalue weighted by atomic mass is 32.2. The fourth-order valence-corrected chi connectivity index (χ4v) is 5.00. The Bertz CT molecular complexity index is 956. The summed E-state index contributed by atoms with van der Waals surface area (Å²) >= 11 is 0. The van der Waals surface area contributed by atoms with Crippen LogP contribution < -0.4 is 9.64 Å². The van der Waals surface area contributed by atoms with Crippen molar-refractivity contribution < 1.29 is 27.5 Å². The maximum atomic E-state index is 12.8. The standard InChI is InChI=1S/C21H23NO6S/c1-27-19-9-7-16(8-10-19)13-21(24)28-14-20(23)22(17-5-3-2-4-6-17)18-11-12-29(25,26)15-18/h2-10,18H,11-15H2,1H3/t18-/m1/s1. The van der Waals surface area contributed by atoms with Gasteiger partial charge < -0.3 is 14.4 Å². The number of hydrogen-bond donors (Lipinski definition) is 0. The summed E-state index contributed by atoms with van der Waals surface area (Å²) < 4.78 is 34.0. The van der Waals surface area contributed by atoms with Crippen molar-refractivity contribution >= 4 is 27.4 Å². The van der Waals surface area contributed by atoms with E-state index >= 15 is 0 Å². The Morgan fingerprint density at radius 1 is 1.07 bits per heavy atom. The van der Waals surface area contributed by atoms with Crippen LogP contribution in [0.4, 0.5) is 5.69 Å². The van der Waals surface area contributed by atoms with Gasteiger partial charge in [0.1, 0.15) is 5.75 Å². The smallest absolute Gasteiger partial charge is 0.310 e. The molecule has 2 aromatic carbocycles. The topological polar surface area (TPSA) is 90.0 Å². The highest BCUT2D eigenvalue weighted by Gasteiger charge is 2.35. The Morgan fingerprint density at radius 3 is 2.34 bits per heavy atom. The van der Waals surface area contributed by atoms with Crippen LogP contribution in [0.15, 0.2) is 54.6 Å². The van der Waals surface area contributed by atoms with Gasteiger partial charge in [-0.15, -0.1) is 0 Å². The van der Waals surface area contributed by atoms with Gasteiger partial charge in [0, 0.05) is 5.69 Å². The second kappa shape index (κ2) is 9.09. The van der Waals surface area contributed by atoms with Crippen LogP contribution in [-0.4, -0.2) is 51.6 Å². The molecule has 0 radical (unpaired) electrons. The maximum Gasteiger partial charge on any atom is 0.310 e. The van der Waals surface area contributed by atoms with Crippen LogP contribution >= 0.6 is 0 Å². The summed E-state index contributed by atoms with van der Waals surface area (Å²) in [5, 5.41) is 0. The Balaban J connectivity index is 1.64. The van der Waals surface area contributed by atoms with Crippen molar-refractivity contribution in [3.8, 4) is 5.75 Å². The predicted molar refractivity (Wildman–Crippen MR) is 109 cm³/mol. The van der Waals surface area contributed by atoms with Crippen molar-refractivity contribution in [1.29, 1.82) is 0 Å². The lowest BCUT2D eigenvalue weighted by Gasteiger charge is -2.28. The first kappa shape index (κ1) is 20.9. The SMILES string of the molecule is COc1ccc(CC(=O)OCC(=O)N(c2ccccc2)[C@@H]2CCS(=O)(=O)C2)cc1. The summed E-state index contributed by atoms with van der Waals surface area (Å²) in [6, 6.07) is 15.4. The van der Waals surface area contributed by atoms with Crippen LogP contribution in [-0.2, 0) is 30.6 Å². The van der Waals surface area contributed by atoms with Crippen LogP contribution in [0.1, 0.15) is 12.0 Å². The van der Waals surface area contributed by atoms with Gasteiger partial charge in [-0.3, -0.25) is 9.59 Å². The normalized spacial score (nSPS) is 17.5. The average molecular weight is 417 g/mol. The van der Waals surface area contributed by atoms with E-state index in [4.69, 9.17) is 9.47 Å². The summed E-state index contributed by atoms with van der Waals surface area (Å²) in [4.78, 5) is 26.4. The molecule has 0 bridgehead atoms. The van der Waals surface area contributed by atoms with E-state index in [1.165, 1.54) is 4.90 Å². The van der Waals surface area contributed by atoms with Gasteiger partial charge in [-0.05, 0) is 36.2 Å². The van der Waals surface area contributed by atoms with Crippen molar-refractivity contribution in [2.75, 3.05) is 30.1 Å². The molecule has 0 saturated carbocycles. The van der Waals surface area contributed by atoms with Crippen molar-refractivity contribution in [2.24, 2.45) is 0 Å². The molecular formula is C21H23NO6S. The highest BCUT2D eigenvalue weighted by molar-refractivity contribution is 7.91. The van der Waals surface area contributed by atoms with Crippen LogP contribution in [0, 0.1) is 0 Å². The lowest BCUT2D eigenvalue weighted by Crippen LogP contribution is -2.43. The number of benzene rings is 2. The number of hydrogen-bond acceptors (Lipinski definition) is 6. The van der Waals surface area contributed by atoms with Gasteiger partial charge in [0.05, 0.1) is 31.1 Å². The number of carbonyl (C=O) groups is 2. The number of methoxy groups -OCH3 is 1. The molecule has 8 heteroatoms. The Labute approximate surface area is 170 Å². The summed E-state index contributed by atoms with van der Waals surface area (Å²) in [7, 11) is -1.61. The molecule has 0 spiro atoms. The summed E-state index contributed by atoms with van der Waals surface area (Å²) in [6.07, 6.45) is 0.392. The molecule has 1 fully saturated rings. The molecule has 1 aliphatic rings. The Hall–Kier alpha value is -2.87. The Morgan fingerprint density at radius 2 is 1.76 bits per heavy atom. The molecule has 0 aromatic heterocycles. The number of nitrogens with zero attached hydrogens (tertiary/aromatic N) is 1. The molecule has 1 aliphatic heterocycles. The number of sulfone groups is 1. The molecule has 0 N–H and O–H groups in total. The molecule has 1 amide bonds. The third kappa shape index (κ3) is 5.57. The molecule has 1 heterocycles. The van der Waals surface area contributed by atoms with Gasteiger partial charge in [-0.2, -0.15) is 0 Å². The maximum absolute atomic E-state index is 12.8. The van der Waals surface area contributed by atoms with Gasteiger partial charge in [-0.1, -0.05) is 30.3 Å². The molecule has 154 valence electrons. The van der Waals surface area contributed by atoms with Crippen LogP contribution in [0.25, 0.3) is 0 Å². The minimum Gasteiger partial charge on any atom is -0.497 e. The number of para-hydroxylation sites is 1. The third-order valence-electron chi connectivity index (χ3n) is 4.74. The monoisotopic (exact) mass is 417 g/mol. The fraction of sp³-hybridized carbons (Fsp3) is 0.333. The van der Waals surface area contributed by atoms with E-state index in [2.05, 4.69) is 0 Å². The van der Waals surface area contributed by atoms with Crippen molar-refractivity contribution in [3.05, 3.63) is 60.2 Å². The molecule has 7 nitrogen and oxygen atoms in total. The highest BCUT2D eigenvalue weighted by Crippen LogP contribution is 2.24. The fourth-order valence-electron chi connectivity index (χ4n) is 3.30. The number of amides is 1. The molecule has 29 heavy (non-hydrogen) atoms. The summed E-state index contributed by atoms with van der Waals surface area (Å²) in [5.41, 5.74) is 1.33. The van der Waals surface area contributed by atoms with Gasteiger partial charge in [-0.25, -0.2) is 8.42 Å². The van der Waals surface area contributed by atoms with Crippen molar-refractivity contribution in [1.82, 2.24) is 0 Å². The van der Waals surface area contributed by atoms with E-state index in [-0.39, 0.29) is 17.9 Å². The number of esters is 1.